The van der Waals surface area contributed by atoms with Gasteiger partial charge in [-0.2, -0.15) is 4.98 Å². The Morgan fingerprint density at radius 3 is 2.52 bits per heavy atom. The van der Waals surface area contributed by atoms with Crippen LogP contribution in [0.1, 0.15) is 31.5 Å². The van der Waals surface area contributed by atoms with Crippen LogP contribution in [0.25, 0.3) is 0 Å². The van der Waals surface area contributed by atoms with Gasteiger partial charge in [-0.05, 0) is 69.5 Å². The number of rotatable bonds is 6. The summed E-state index contributed by atoms with van der Waals surface area (Å²) in [5.41, 5.74) is 5.82. The van der Waals surface area contributed by atoms with Crippen molar-refractivity contribution < 1.29 is 0 Å². The van der Waals surface area contributed by atoms with Gasteiger partial charge in [0.05, 0.1) is 0 Å². The molecule has 2 heterocycles. The van der Waals surface area contributed by atoms with E-state index in [1.165, 1.54) is 16.9 Å². The maximum Gasteiger partial charge on any atom is 0.232 e. The van der Waals surface area contributed by atoms with E-state index in [0.29, 0.717) is 0 Å². The van der Waals surface area contributed by atoms with Crippen molar-refractivity contribution in [1.82, 2.24) is 9.97 Å². The van der Waals surface area contributed by atoms with Gasteiger partial charge in [0.1, 0.15) is 5.82 Å². The number of hydrogen-bond acceptors (Lipinski definition) is 5. The molecule has 4 rings (SSSR count). The molecule has 0 amide bonds. The van der Waals surface area contributed by atoms with E-state index >= 15 is 0 Å². The molecule has 150 valence electrons. The molecule has 0 spiro atoms. The zero-order chi connectivity index (χ0) is 20.2. The fraction of sp³-hybridized carbons (Fsp3) is 0.333. The molecule has 3 aromatic rings. The third-order valence-corrected chi connectivity index (χ3v) is 5.46. The van der Waals surface area contributed by atoms with Crippen LogP contribution in [0.3, 0.4) is 0 Å². The third-order valence-electron chi connectivity index (χ3n) is 5.46. The molecule has 5 nitrogen and oxygen atoms in total. The number of nitrogens with one attached hydrogen (secondary N) is 1. The Balaban J connectivity index is 1.58. The summed E-state index contributed by atoms with van der Waals surface area (Å²) in [5, 5.41) is 3.45. The topological polar surface area (TPSA) is 44.3 Å². The quantitative estimate of drug-likeness (QED) is 0.608. The summed E-state index contributed by atoms with van der Waals surface area (Å²) < 4.78 is 0. The van der Waals surface area contributed by atoms with E-state index in [1.54, 1.807) is 0 Å². The molecule has 29 heavy (non-hydrogen) atoms. The average molecular weight is 388 g/mol. The smallest absolute Gasteiger partial charge is 0.232 e. The lowest BCUT2D eigenvalue weighted by Gasteiger charge is -2.29. The van der Waals surface area contributed by atoms with E-state index in [9.17, 15) is 0 Å². The van der Waals surface area contributed by atoms with Crippen molar-refractivity contribution in [3.8, 4) is 0 Å². The molecule has 1 aliphatic rings. The number of fused-ring (bicyclic) bond motifs is 1. The number of aromatic nitrogens is 2. The molecule has 1 aliphatic heterocycles. The first-order chi connectivity index (χ1) is 14.2. The standard InChI is InChI=1S/C24H29N5/c1-4-28(5-2)21-14-12-20(13-15-21)26-23-17-18(3)25-24(27-23)29-16-8-10-19-9-6-7-11-22(19)29/h6-7,9,11-15,17H,4-5,8,10,16H2,1-3H3,(H,25,26,27). The van der Waals surface area contributed by atoms with Crippen LogP contribution in [0.4, 0.5) is 28.8 Å². The lowest BCUT2D eigenvalue weighted by atomic mass is 10.0. The molecular weight excluding hydrogens is 358 g/mol. The molecule has 5 heteroatoms. The molecule has 0 saturated carbocycles. The zero-order valence-electron chi connectivity index (χ0n) is 17.5. The first-order valence-corrected chi connectivity index (χ1v) is 10.5. The Labute approximate surface area is 173 Å². The fourth-order valence-corrected chi connectivity index (χ4v) is 3.97. The van der Waals surface area contributed by atoms with Crippen molar-refractivity contribution in [3.63, 3.8) is 0 Å². The van der Waals surface area contributed by atoms with Crippen LogP contribution in [0.5, 0.6) is 0 Å². The minimum absolute atomic E-state index is 0.763. The molecule has 0 saturated heterocycles. The summed E-state index contributed by atoms with van der Waals surface area (Å²) >= 11 is 0. The van der Waals surface area contributed by atoms with Crippen molar-refractivity contribution in [2.24, 2.45) is 0 Å². The van der Waals surface area contributed by atoms with Crippen LogP contribution in [0.15, 0.2) is 54.6 Å². The Kier molecular flexibility index (Phi) is 5.65. The zero-order valence-corrected chi connectivity index (χ0v) is 17.5. The largest absolute Gasteiger partial charge is 0.372 e. The van der Waals surface area contributed by atoms with Gasteiger partial charge in [-0.3, -0.25) is 0 Å². The van der Waals surface area contributed by atoms with Crippen LogP contribution < -0.4 is 15.1 Å². The monoisotopic (exact) mass is 387 g/mol. The SMILES string of the molecule is CCN(CC)c1ccc(Nc2cc(C)nc(N3CCCc4ccccc43)n2)cc1. The number of nitrogens with zero attached hydrogens (tertiary/aromatic N) is 4. The lowest BCUT2D eigenvalue weighted by Crippen LogP contribution is -2.26. The second-order valence-electron chi connectivity index (χ2n) is 7.42. The molecule has 2 aromatic carbocycles. The summed E-state index contributed by atoms with van der Waals surface area (Å²) in [6.07, 6.45) is 2.23. The Bertz CT molecular complexity index is 963. The lowest BCUT2D eigenvalue weighted by molar-refractivity contribution is 0.749. The van der Waals surface area contributed by atoms with Crippen LogP contribution in [0.2, 0.25) is 0 Å². The highest BCUT2D eigenvalue weighted by Crippen LogP contribution is 2.32. The maximum absolute atomic E-state index is 4.83. The molecule has 0 fully saturated rings. The number of anilines is 5. The van der Waals surface area contributed by atoms with Gasteiger partial charge in [-0.1, -0.05) is 18.2 Å². The summed E-state index contributed by atoms with van der Waals surface area (Å²) in [6, 6.07) is 19.1. The normalized spacial score (nSPS) is 13.1. The number of para-hydroxylation sites is 1. The van der Waals surface area contributed by atoms with Crippen molar-refractivity contribution in [3.05, 3.63) is 65.9 Å². The molecule has 1 aromatic heterocycles. The predicted molar refractivity (Wildman–Crippen MR) is 122 cm³/mol. The molecule has 0 radical (unpaired) electrons. The molecular formula is C24H29N5. The predicted octanol–water partition coefficient (Wildman–Crippen LogP) is 5.46. The van der Waals surface area contributed by atoms with Gasteiger partial charge in [0.25, 0.3) is 0 Å². The Hall–Kier alpha value is -3.08. The van der Waals surface area contributed by atoms with E-state index < -0.39 is 0 Å². The summed E-state index contributed by atoms with van der Waals surface area (Å²) in [6.45, 7) is 9.34. The minimum Gasteiger partial charge on any atom is -0.372 e. The molecule has 0 aliphatic carbocycles. The van der Waals surface area contributed by atoms with Crippen LogP contribution >= 0.6 is 0 Å². The van der Waals surface area contributed by atoms with Gasteiger partial charge in [0, 0.05) is 48.5 Å². The van der Waals surface area contributed by atoms with Gasteiger partial charge in [-0.15, -0.1) is 0 Å². The van der Waals surface area contributed by atoms with Crippen molar-refractivity contribution in [2.75, 3.05) is 34.8 Å². The Morgan fingerprint density at radius 2 is 1.76 bits per heavy atom. The highest BCUT2D eigenvalue weighted by Gasteiger charge is 2.20. The van der Waals surface area contributed by atoms with E-state index in [1.807, 2.05) is 13.0 Å². The first kappa shape index (κ1) is 19.2. The third kappa shape index (κ3) is 4.19. The number of benzene rings is 2. The second kappa shape index (κ2) is 8.52. The highest BCUT2D eigenvalue weighted by atomic mass is 15.3. The van der Waals surface area contributed by atoms with E-state index in [4.69, 9.17) is 9.97 Å². The molecule has 1 N–H and O–H groups in total. The number of hydrogen-bond donors (Lipinski definition) is 1. The summed E-state index contributed by atoms with van der Waals surface area (Å²) in [4.78, 5) is 14.1. The van der Waals surface area contributed by atoms with Crippen molar-refractivity contribution >= 4 is 28.8 Å². The van der Waals surface area contributed by atoms with Gasteiger partial charge in [-0.25, -0.2) is 4.98 Å². The van der Waals surface area contributed by atoms with Crippen LogP contribution in [0, 0.1) is 6.92 Å². The summed E-state index contributed by atoms with van der Waals surface area (Å²) in [5.74, 6) is 1.59. The number of aryl methyl sites for hydroxylation is 2. The van der Waals surface area contributed by atoms with Gasteiger partial charge < -0.3 is 15.1 Å². The van der Waals surface area contributed by atoms with Gasteiger partial charge >= 0.3 is 0 Å². The van der Waals surface area contributed by atoms with E-state index in [-0.39, 0.29) is 0 Å². The minimum atomic E-state index is 0.763. The van der Waals surface area contributed by atoms with Gasteiger partial charge in [0.2, 0.25) is 5.95 Å². The van der Waals surface area contributed by atoms with Crippen LogP contribution in [-0.4, -0.2) is 29.6 Å². The molecule has 0 atom stereocenters. The average Bonchev–Trinajstić information content (AvgIpc) is 2.75. The summed E-state index contributed by atoms with van der Waals surface area (Å²) in [7, 11) is 0. The van der Waals surface area contributed by atoms with Gasteiger partial charge in [0.15, 0.2) is 0 Å². The first-order valence-electron chi connectivity index (χ1n) is 10.5. The van der Waals surface area contributed by atoms with Crippen molar-refractivity contribution in [2.45, 2.75) is 33.6 Å². The fourth-order valence-electron chi connectivity index (χ4n) is 3.97. The maximum atomic E-state index is 4.83. The molecule has 0 unspecified atom stereocenters. The van der Waals surface area contributed by atoms with E-state index in [0.717, 1.165) is 55.6 Å². The highest BCUT2D eigenvalue weighted by molar-refractivity contribution is 5.66. The van der Waals surface area contributed by atoms with Crippen LogP contribution in [-0.2, 0) is 6.42 Å². The molecule has 0 bridgehead atoms. The van der Waals surface area contributed by atoms with Crippen molar-refractivity contribution in [1.29, 1.82) is 0 Å². The van der Waals surface area contributed by atoms with E-state index in [2.05, 4.69) is 77.5 Å². The Morgan fingerprint density at radius 1 is 1.00 bits per heavy atom. The second-order valence-corrected chi connectivity index (χ2v) is 7.42.